The van der Waals surface area contributed by atoms with E-state index >= 15 is 0 Å². The van der Waals surface area contributed by atoms with Crippen LogP contribution in [0.4, 0.5) is 0 Å². The van der Waals surface area contributed by atoms with Crippen LogP contribution in [-0.2, 0) is 32.0 Å². The molecule has 3 heteroatoms. The zero-order valence-electron chi connectivity index (χ0n) is 4.83. The first-order valence-electron chi connectivity index (χ1n) is 2.12. The molecule has 0 rings (SSSR count). The Morgan fingerprint density at radius 1 is 1.12 bits per heavy atom. The zero-order chi connectivity index (χ0) is 5.86. The first kappa shape index (κ1) is 11.0. The second-order valence-corrected chi connectivity index (χ2v) is 1.58. The summed E-state index contributed by atoms with van der Waals surface area (Å²) in [5, 5.41) is 0. The minimum atomic E-state index is -0.0625. The topological polar surface area (TPSA) is 34.1 Å². The van der Waals surface area contributed by atoms with E-state index in [0.29, 0.717) is 0 Å². The summed E-state index contributed by atoms with van der Waals surface area (Å²) in [4.78, 5) is 20.1. The molecule has 0 fully saturated rings. The van der Waals surface area contributed by atoms with Crippen LogP contribution in [0.3, 0.4) is 0 Å². The van der Waals surface area contributed by atoms with Gasteiger partial charge in [-0.25, -0.2) is 0 Å². The predicted molar refractivity (Wildman–Crippen MR) is 26.0 cm³/mol. The maximum absolute atomic E-state index is 10.0. The van der Waals surface area contributed by atoms with E-state index in [1.807, 2.05) is 0 Å². The van der Waals surface area contributed by atoms with Gasteiger partial charge in [-0.05, 0) is 13.8 Å². The SMILES string of the molecule is CC(=O)CC(C)=O.[Au+3]. The van der Waals surface area contributed by atoms with Crippen molar-refractivity contribution < 1.29 is 32.0 Å². The molecule has 0 aliphatic heterocycles. The van der Waals surface area contributed by atoms with Crippen LogP contribution in [0.5, 0.6) is 0 Å². The van der Waals surface area contributed by atoms with Crippen molar-refractivity contribution in [3.8, 4) is 0 Å². The Hall–Kier alpha value is 0.0803. The zero-order valence-corrected chi connectivity index (χ0v) is 6.99. The van der Waals surface area contributed by atoms with Crippen molar-refractivity contribution in [2.24, 2.45) is 0 Å². The summed E-state index contributed by atoms with van der Waals surface area (Å²) in [6, 6.07) is 0. The Kier molecular flexibility index (Phi) is 7.15. The number of carbonyl (C=O) groups is 2. The maximum Gasteiger partial charge on any atom is 3.00 e. The van der Waals surface area contributed by atoms with E-state index in [1.165, 1.54) is 13.8 Å². The van der Waals surface area contributed by atoms with Gasteiger partial charge >= 0.3 is 22.4 Å². The van der Waals surface area contributed by atoms with Crippen molar-refractivity contribution >= 4 is 11.6 Å². The number of ketones is 2. The van der Waals surface area contributed by atoms with E-state index in [-0.39, 0.29) is 40.4 Å². The van der Waals surface area contributed by atoms with Crippen LogP contribution in [0.15, 0.2) is 0 Å². The Balaban J connectivity index is 0. The third-order valence-electron chi connectivity index (χ3n) is 0.498. The maximum atomic E-state index is 10.0. The minimum absolute atomic E-state index is 0. The predicted octanol–water partition coefficient (Wildman–Crippen LogP) is 0.552. The fourth-order valence-corrected chi connectivity index (χ4v) is 0.351. The summed E-state index contributed by atoms with van der Waals surface area (Å²) in [6.45, 7) is 2.81. The summed E-state index contributed by atoms with van der Waals surface area (Å²) in [5.74, 6) is -0.125. The molecule has 48 valence electrons. The average Bonchev–Trinajstić information content (AvgIpc) is 1.27. The van der Waals surface area contributed by atoms with Gasteiger partial charge in [0.2, 0.25) is 0 Å². The fraction of sp³-hybridized carbons (Fsp3) is 0.600. The molecule has 0 atom stereocenters. The van der Waals surface area contributed by atoms with Crippen LogP contribution in [-0.4, -0.2) is 11.6 Å². The van der Waals surface area contributed by atoms with Gasteiger partial charge in [-0.1, -0.05) is 0 Å². The smallest absolute Gasteiger partial charge is 0.300 e. The second kappa shape index (κ2) is 5.22. The summed E-state index contributed by atoms with van der Waals surface area (Å²) in [5.41, 5.74) is 0. The number of carbonyl (C=O) groups excluding carboxylic acids is 2. The molecule has 0 spiro atoms. The molecule has 0 saturated heterocycles. The van der Waals surface area contributed by atoms with E-state index in [9.17, 15) is 9.59 Å². The van der Waals surface area contributed by atoms with Crippen molar-refractivity contribution in [2.45, 2.75) is 20.3 Å². The third kappa shape index (κ3) is 9.43. The fourth-order valence-electron chi connectivity index (χ4n) is 0.351. The second-order valence-electron chi connectivity index (χ2n) is 1.58. The van der Waals surface area contributed by atoms with Crippen LogP contribution in [0.1, 0.15) is 20.3 Å². The Bertz CT molecular complexity index is 86.6. The normalized spacial score (nSPS) is 7.25. The standard InChI is InChI=1S/C5H8O2.Au/c1-4(6)3-5(2)7;/h3H2,1-2H3;/q;+3. The molecule has 0 radical (unpaired) electrons. The monoisotopic (exact) mass is 297 g/mol. The van der Waals surface area contributed by atoms with Crippen LogP contribution >= 0.6 is 0 Å². The van der Waals surface area contributed by atoms with Crippen molar-refractivity contribution in [3.63, 3.8) is 0 Å². The van der Waals surface area contributed by atoms with E-state index in [1.54, 1.807) is 0 Å². The van der Waals surface area contributed by atoms with E-state index < -0.39 is 0 Å². The van der Waals surface area contributed by atoms with Gasteiger partial charge in [0.15, 0.2) is 0 Å². The van der Waals surface area contributed by atoms with Crippen LogP contribution < -0.4 is 0 Å². The van der Waals surface area contributed by atoms with Crippen molar-refractivity contribution in [2.75, 3.05) is 0 Å². The van der Waals surface area contributed by atoms with Gasteiger partial charge in [0.1, 0.15) is 11.6 Å². The number of hydrogen-bond acceptors (Lipinski definition) is 2. The molecular formula is C5H8AuO2+3. The van der Waals surface area contributed by atoms with Gasteiger partial charge in [0.05, 0.1) is 6.42 Å². The van der Waals surface area contributed by atoms with Gasteiger partial charge in [0, 0.05) is 0 Å². The van der Waals surface area contributed by atoms with Gasteiger partial charge in [-0.3, -0.25) is 9.59 Å². The van der Waals surface area contributed by atoms with Crippen LogP contribution in [0.25, 0.3) is 0 Å². The molecule has 0 aromatic heterocycles. The first-order valence-corrected chi connectivity index (χ1v) is 2.12. The molecule has 0 heterocycles. The van der Waals surface area contributed by atoms with Crippen LogP contribution in [0, 0.1) is 0 Å². The average molecular weight is 297 g/mol. The van der Waals surface area contributed by atoms with Crippen molar-refractivity contribution in [1.29, 1.82) is 0 Å². The number of Topliss-reactive ketones (excluding diaryl/α,β-unsaturated/α-hetero) is 2. The number of rotatable bonds is 2. The molecular weight excluding hydrogens is 289 g/mol. The molecule has 0 amide bonds. The molecule has 0 N–H and O–H groups in total. The first-order chi connectivity index (χ1) is 3.13. The quantitative estimate of drug-likeness (QED) is 0.551. The van der Waals surface area contributed by atoms with Gasteiger partial charge in [-0.2, -0.15) is 0 Å². The number of hydrogen-bond donors (Lipinski definition) is 0. The van der Waals surface area contributed by atoms with E-state index in [2.05, 4.69) is 0 Å². The van der Waals surface area contributed by atoms with Gasteiger partial charge in [0.25, 0.3) is 0 Å². The molecule has 0 aliphatic rings. The van der Waals surface area contributed by atoms with Gasteiger partial charge in [-0.15, -0.1) is 0 Å². The van der Waals surface area contributed by atoms with E-state index in [0.717, 1.165) is 0 Å². The summed E-state index contributed by atoms with van der Waals surface area (Å²) >= 11 is 0. The van der Waals surface area contributed by atoms with Gasteiger partial charge < -0.3 is 0 Å². The summed E-state index contributed by atoms with van der Waals surface area (Å²) in [7, 11) is 0. The third-order valence-corrected chi connectivity index (χ3v) is 0.498. The Labute approximate surface area is 64.2 Å². The molecule has 8 heavy (non-hydrogen) atoms. The minimum Gasteiger partial charge on any atom is -0.300 e. The molecule has 0 aromatic carbocycles. The largest absolute Gasteiger partial charge is 3.00 e. The van der Waals surface area contributed by atoms with Crippen molar-refractivity contribution in [3.05, 3.63) is 0 Å². The molecule has 0 aromatic rings. The van der Waals surface area contributed by atoms with E-state index in [4.69, 9.17) is 0 Å². The van der Waals surface area contributed by atoms with Crippen molar-refractivity contribution in [1.82, 2.24) is 0 Å². The van der Waals surface area contributed by atoms with Crippen LogP contribution in [0.2, 0.25) is 0 Å². The molecule has 0 bridgehead atoms. The summed E-state index contributed by atoms with van der Waals surface area (Å²) < 4.78 is 0. The summed E-state index contributed by atoms with van der Waals surface area (Å²) in [6.07, 6.45) is 0.0833. The Morgan fingerprint density at radius 3 is 1.38 bits per heavy atom. The Morgan fingerprint density at radius 2 is 1.38 bits per heavy atom. The molecule has 0 saturated carbocycles. The molecule has 2 nitrogen and oxygen atoms in total. The molecule has 0 unspecified atom stereocenters. The molecule has 0 aliphatic carbocycles.